The number of rotatable bonds is 5. The molecule has 17 heavy (non-hydrogen) atoms. The third kappa shape index (κ3) is 2.58. The molecule has 1 aromatic heterocycles. The maximum Gasteiger partial charge on any atom is 0.137 e. The molecule has 1 fully saturated rings. The quantitative estimate of drug-likeness (QED) is 0.849. The Morgan fingerprint density at radius 3 is 2.88 bits per heavy atom. The van der Waals surface area contributed by atoms with Crippen LogP contribution in [0.3, 0.4) is 0 Å². The van der Waals surface area contributed by atoms with Crippen molar-refractivity contribution in [2.75, 3.05) is 13.7 Å². The maximum absolute atomic E-state index is 10.4. The average molecular weight is 237 g/mol. The first-order valence-corrected chi connectivity index (χ1v) is 6.01. The van der Waals surface area contributed by atoms with Crippen LogP contribution in [0.5, 0.6) is 5.75 Å². The van der Waals surface area contributed by atoms with Crippen molar-refractivity contribution in [2.45, 2.75) is 37.9 Å². The van der Waals surface area contributed by atoms with Crippen molar-refractivity contribution >= 4 is 0 Å². The molecule has 1 heterocycles. The lowest BCUT2D eigenvalue weighted by Crippen LogP contribution is -2.45. The normalized spacial score (nSPS) is 27.6. The van der Waals surface area contributed by atoms with Gasteiger partial charge in [-0.3, -0.25) is 4.98 Å². The molecule has 0 radical (unpaired) electrons. The molecule has 0 aromatic carbocycles. The van der Waals surface area contributed by atoms with E-state index < -0.39 is 5.60 Å². The zero-order valence-electron chi connectivity index (χ0n) is 10.3. The van der Waals surface area contributed by atoms with Crippen molar-refractivity contribution in [3.8, 4) is 5.75 Å². The van der Waals surface area contributed by atoms with Crippen LogP contribution in [0, 0.1) is 0 Å². The van der Waals surface area contributed by atoms with E-state index in [1.54, 1.807) is 19.5 Å². The van der Waals surface area contributed by atoms with Gasteiger partial charge in [0.1, 0.15) is 5.75 Å². The second-order valence-corrected chi connectivity index (χ2v) is 4.56. The van der Waals surface area contributed by atoms with Crippen molar-refractivity contribution in [3.63, 3.8) is 0 Å². The topological polar surface area (TPSA) is 51.6 Å². The fourth-order valence-electron chi connectivity index (χ4n) is 2.07. The Hall–Kier alpha value is -1.13. The van der Waals surface area contributed by atoms with E-state index in [2.05, 4.69) is 11.9 Å². The summed E-state index contributed by atoms with van der Waals surface area (Å²) < 4.78 is 10.7. The van der Waals surface area contributed by atoms with Gasteiger partial charge in [0.15, 0.2) is 0 Å². The van der Waals surface area contributed by atoms with Crippen LogP contribution in [0.25, 0.3) is 0 Å². The number of ether oxygens (including phenoxy) is 2. The predicted molar refractivity (Wildman–Crippen MR) is 64.0 cm³/mol. The van der Waals surface area contributed by atoms with Crippen LogP contribution >= 0.6 is 0 Å². The van der Waals surface area contributed by atoms with Gasteiger partial charge in [-0.1, -0.05) is 6.92 Å². The number of aliphatic hydroxyl groups is 1. The summed E-state index contributed by atoms with van der Waals surface area (Å²) >= 11 is 0. The van der Waals surface area contributed by atoms with E-state index in [1.807, 2.05) is 6.07 Å². The Bertz CT molecular complexity index is 375. The minimum absolute atomic E-state index is 0.153. The van der Waals surface area contributed by atoms with E-state index in [0.717, 1.165) is 17.7 Å². The van der Waals surface area contributed by atoms with Crippen LogP contribution in [-0.2, 0) is 10.3 Å². The van der Waals surface area contributed by atoms with Gasteiger partial charge in [-0.25, -0.2) is 0 Å². The SMILES string of the molecule is CCCOc1cncc(C2(O)CC(OC)C2)c1. The zero-order chi connectivity index (χ0) is 12.3. The Labute approximate surface area is 102 Å². The second kappa shape index (κ2) is 5.02. The molecule has 0 atom stereocenters. The summed E-state index contributed by atoms with van der Waals surface area (Å²) in [6, 6.07) is 1.87. The van der Waals surface area contributed by atoms with Crippen LogP contribution in [0.2, 0.25) is 0 Å². The number of methoxy groups -OCH3 is 1. The van der Waals surface area contributed by atoms with Crippen LogP contribution in [0.4, 0.5) is 0 Å². The van der Waals surface area contributed by atoms with Crippen LogP contribution in [-0.4, -0.2) is 29.9 Å². The summed E-state index contributed by atoms with van der Waals surface area (Å²) in [6.45, 7) is 2.73. The van der Waals surface area contributed by atoms with Gasteiger partial charge in [0.05, 0.1) is 24.5 Å². The molecular weight excluding hydrogens is 218 g/mol. The minimum atomic E-state index is -0.792. The standard InChI is InChI=1S/C13H19NO3/c1-3-4-17-11-5-10(8-14-9-11)13(15)6-12(7-13)16-2/h5,8-9,12,15H,3-4,6-7H2,1-2H3. The second-order valence-electron chi connectivity index (χ2n) is 4.56. The number of aromatic nitrogens is 1. The van der Waals surface area contributed by atoms with E-state index in [1.165, 1.54) is 0 Å². The highest BCUT2D eigenvalue weighted by Gasteiger charge is 2.44. The highest BCUT2D eigenvalue weighted by atomic mass is 16.5. The molecule has 4 heteroatoms. The summed E-state index contributed by atoms with van der Waals surface area (Å²) in [5, 5.41) is 10.4. The van der Waals surface area contributed by atoms with Gasteiger partial charge in [-0.05, 0) is 12.5 Å². The first-order chi connectivity index (χ1) is 8.18. The van der Waals surface area contributed by atoms with Crippen LogP contribution in [0.15, 0.2) is 18.5 Å². The smallest absolute Gasteiger partial charge is 0.137 e. The Morgan fingerprint density at radius 1 is 1.47 bits per heavy atom. The fourth-order valence-corrected chi connectivity index (χ4v) is 2.07. The molecule has 94 valence electrons. The first kappa shape index (κ1) is 12.3. The highest BCUT2D eigenvalue weighted by Crippen LogP contribution is 2.43. The van der Waals surface area contributed by atoms with Gasteiger partial charge in [-0.15, -0.1) is 0 Å². The lowest BCUT2D eigenvalue weighted by atomic mass is 9.73. The minimum Gasteiger partial charge on any atom is -0.492 e. The third-order valence-corrected chi connectivity index (χ3v) is 3.19. The molecule has 1 saturated carbocycles. The van der Waals surface area contributed by atoms with Crippen molar-refractivity contribution in [2.24, 2.45) is 0 Å². The van der Waals surface area contributed by atoms with Gasteiger partial charge in [-0.2, -0.15) is 0 Å². The monoisotopic (exact) mass is 237 g/mol. The molecule has 4 nitrogen and oxygen atoms in total. The number of hydrogen-bond acceptors (Lipinski definition) is 4. The number of nitrogens with zero attached hydrogens (tertiary/aromatic N) is 1. The molecule has 0 amide bonds. The van der Waals surface area contributed by atoms with Crippen molar-refractivity contribution < 1.29 is 14.6 Å². The molecule has 0 unspecified atom stereocenters. The molecule has 1 aliphatic rings. The van der Waals surface area contributed by atoms with Crippen LogP contribution in [0.1, 0.15) is 31.7 Å². The Kier molecular flexibility index (Phi) is 3.64. The fraction of sp³-hybridized carbons (Fsp3) is 0.615. The van der Waals surface area contributed by atoms with E-state index in [0.29, 0.717) is 19.4 Å². The Balaban J connectivity index is 2.06. The van der Waals surface area contributed by atoms with Gasteiger partial charge in [0, 0.05) is 31.7 Å². The lowest BCUT2D eigenvalue weighted by molar-refractivity contribution is -0.133. The molecular formula is C13H19NO3. The molecule has 2 rings (SSSR count). The van der Waals surface area contributed by atoms with Crippen molar-refractivity contribution in [1.82, 2.24) is 4.98 Å². The third-order valence-electron chi connectivity index (χ3n) is 3.19. The van der Waals surface area contributed by atoms with E-state index in [-0.39, 0.29) is 6.10 Å². The molecule has 1 aliphatic carbocycles. The van der Waals surface area contributed by atoms with Gasteiger partial charge < -0.3 is 14.6 Å². The zero-order valence-corrected chi connectivity index (χ0v) is 10.3. The lowest BCUT2D eigenvalue weighted by Gasteiger charge is -2.42. The van der Waals surface area contributed by atoms with E-state index >= 15 is 0 Å². The summed E-state index contributed by atoms with van der Waals surface area (Å²) in [4.78, 5) is 4.11. The molecule has 1 aromatic rings. The molecule has 1 N–H and O–H groups in total. The molecule has 0 spiro atoms. The summed E-state index contributed by atoms with van der Waals surface area (Å²) in [5.74, 6) is 0.721. The molecule has 0 bridgehead atoms. The maximum atomic E-state index is 10.4. The van der Waals surface area contributed by atoms with Crippen molar-refractivity contribution in [3.05, 3.63) is 24.0 Å². The summed E-state index contributed by atoms with van der Waals surface area (Å²) in [5.41, 5.74) is 0.0265. The molecule has 0 saturated heterocycles. The summed E-state index contributed by atoms with van der Waals surface area (Å²) in [6.07, 6.45) is 5.74. The van der Waals surface area contributed by atoms with Gasteiger partial charge in [0.25, 0.3) is 0 Å². The van der Waals surface area contributed by atoms with Crippen molar-refractivity contribution in [1.29, 1.82) is 0 Å². The van der Waals surface area contributed by atoms with Gasteiger partial charge in [0.2, 0.25) is 0 Å². The molecule has 0 aliphatic heterocycles. The Morgan fingerprint density at radius 2 is 2.24 bits per heavy atom. The van der Waals surface area contributed by atoms with E-state index in [9.17, 15) is 5.11 Å². The average Bonchev–Trinajstić information content (AvgIpc) is 2.32. The van der Waals surface area contributed by atoms with Crippen LogP contribution < -0.4 is 4.74 Å². The first-order valence-electron chi connectivity index (χ1n) is 6.01. The largest absolute Gasteiger partial charge is 0.492 e. The number of pyridine rings is 1. The van der Waals surface area contributed by atoms with E-state index in [4.69, 9.17) is 9.47 Å². The number of hydrogen-bond donors (Lipinski definition) is 1. The highest BCUT2D eigenvalue weighted by molar-refractivity contribution is 5.30. The van der Waals surface area contributed by atoms with Gasteiger partial charge >= 0.3 is 0 Å². The summed E-state index contributed by atoms with van der Waals surface area (Å²) in [7, 11) is 1.67. The predicted octanol–water partition coefficient (Wildman–Crippen LogP) is 1.87.